The molecule has 0 aliphatic rings. The number of hydrogen-bond donors (Lipinski definition) is 0. The summed E-state index contributed by atoms with van der Waals surface area (Å²) in [4.78, 5) is 14.8. The van der Waals surface area contributed by atoms with Crippen LogP contribution in [-0.4, -0.2) is 25.2 Å². The van der Waals surface area contributed by atoms with Crippen LogP contribution < -0.4 is 4.74 Å². The Morgan fingerprint density at radius 2 is 2.22 bits per heavy atom. The number of rotatable bonds is 4. The molecule has 1 aromatic rings. The number of nitrogens with zero attached hydrogens (tertiary/aromatic N) is 2. The van der Waals surface area contributed by atoms with Crippen molar-refractivity contribution in [3.05, 3.63) is 23.0 Å². The number of carbonyl (C=O) groups is 1. The molecule has 0 atom stereocenters. The molecule has 0 aliphatic carbocycles. The average molecular weight is 256 g/mol. The van der Waals surface area contributed by atoms with Gasteiger partial charge in [0.15, 0.2) is 11.4 Å². The van der Waals surface area contributed by atoms with E-state index < -0.39 is 24.4 Å². The molecule has 0 fully saturated rings. The largest absolute Gasteiger partial charge is 0.493 e. The number of carbonyl (C=O) groups excluding carboxylic acids is 1. The molecule has 0 aliphatic heterocycles. The van der Waals surface area contributed by atoms with Crippen molar-refractivity contribution < 1.29 is 23.0 Å². The molecule has 0 N–H and O–H groups in total. The van der Waals surface area contributed by atoms with Crippen LogP contribution in [0.15, 0.2) is 6.20 Å². The number of alkyl halides is 2. The van der Waals surface area contributed by atoms with Crippen LogP contribution >= 0.6 is 0 Å². The lowest BCUT2D eigenvalue weighted by atomic mass is 10.0. The molecule has 7 heteroatoms. The summed E-state index contributed by atoms with van der Waals surface area (Å²) in [5, 5.41) is 8.80. The smallest absolute Gasteiger partial charge is 0.310 e. The minimum atomic E-state index is -2.82. The van der Waals surface area contributed by atoms with Crippen LogP contribution in [0.1, 0.15) is 23.2 Å². The fourth-order valence-electron chi connectivity index (χ4n) is 1.43. The number of ether oxygens (including phenoxy) is 2. The quantitative estimate of drug-likeness (QED) is 0.765. The Labute approximate surface area is 102 Å². The Kier molecular flexibility index (Phi) is 4.54. The van der Waals surface area contributed by atoms with Crippen LogP contribution in [0.25, 0.3) is 0 Å². The number of halogens is 2. The zero-order valence-corrected chi connectivity index (χ0v) is 9.74. The normalized spacial score (nSPS) is 10.0. The fraction of sp³-hybridized carbons (Fsp3) is 0.364. The lowest BCUT2D eigenvalue weighted by molar-refractivity contribution is -0.139. The topological polar surface area (TPSA) is 72.2 Å². The van der Waals surface area contributed by atoms with Crippen molar-refractivity contribution in [2.75, 3.05) is 14.2 Å². The second-order valence-corrected chi connectivity index (χ2v) is 3.24. The first-order valence-electron chi connectivity index (χ1n) is 4.86. The van der Waals surface area contributed by atoms with E-state index in [-0.39, 0.29) is 17.0 Å². The van der Waals surface area contributed by atoms with E-state index in [4.69, 9.17) is 10.00 Å². The van der Waals surface area contributed by atoms with Crippen molar-refractivity contribution in [3.63, 3.8) is 0 Å². The van der Waals surface area contributed by atoms with Crippen molar-refractivity contribution in [2.24, 2.45) is 0 Å². The standard InChI is InChI=1S/C11H10F2N2O3/c1-17-9(16)3-6-7(11(12)13)5-15-8(4-14)10(6)18-2/h5,11H,3H2,1-2H3. The summed E-state index contributed by atoms with van der Waals surface area (Å²) in [5.41, 5.74) is -0.678. The number of pyridine rings is 1. The van der Waals surface area contributed by atoms with Crippen LogP contribution in [0, 0.1) is 11.3 Å². The van der Waals surface area contributed by atoms with Gasteiger partial charge in [-0.25, -0.2) is 13.8 Å². The summed E-state index contributed by atoms with van der Waals surface area (Å²) < 4.78 is 34.9. The molecule has 0 bridgehead atoms. The van der Waals surface area contributed by atoms with Gasteiger partial charge in [-0.05, 0) is 0 Å². The van der Waals surface area contributed by atoms with Gasteiger partial charge in [0.25, 0.3) is 6.43 Å². The van der Waals surface area contributed by atoms with Crippen molar-refractivity contribution in [1.29, 1.82) is 5.26 Å². The minimum Gasteiger partial charge on any atom is -0.493 e. The molecule has 5 nitrogen and oxygen atoms in total. The Bertz CT molecular complexity index is 498. The van der Waals surface area contributed by atoms with Gasteiger partial charge in [-0.15, -0.1) is 0 Å². The zero-order valence-electron chi connectivity index (χ0n) is 9.74. The van der Waals surface area contributed by atoms with Gasteiger partial charge >= 0.3 is 5.97 Å². The summed E-state index contributed by atoms with van der Waals surface area (Å²) in [6.07, 6.45) is -2.36. The van der Waals surface area contributed by atoms with E-state index in [1.54, 1.807) is 6.07 Å². The molecule has 1 aromatic heterocycles. The monoisotopic (exact) mass is 256 g/mol. The summed E-state index contributed by atoms with van der Waals surface area (Å²) >= 11 is 0. The van der Waals surface area contributed by atoms with E-state index in [1.807, 2.05) is 0 Å². The average Bonchev–Trinajstić information content (AvgIpc) is 2.37. The predicted molar refractivity (Wildman–Crippen MR) is 56.2 cm³/mol. The van der Waals surface area contributed by atoms with Gasteiger partial charge in [-0.1, -0.05) is 0 Å². The number of methoxy groups -OCH3 is 2. The summed E-state index contributed by atoms with van der Waals surface area (Å²) in [7, 11) is 2.36. The molecule has 0 amide bonds. The first-order chi connectivity index (χ1) is 8.54. The zero-order chi connectivity index (χ0) is 13.7. The molecule has 0 radical (unpaired) electrons. The van der Waals surface area contributed by atoms with Gasteiger partial charge in [0.05, 0.1) is 20.6 Å². The number of esters is 1. The Balaban J connectivity index is 3.39. The van der Waals surface area contributed by atoms with Crippen molar-refractivity contribution in [2.45, 2.75) is 12.8 Å². The molecule has 1 heterocycles. The molecule has 0 saturated carbocycles. The third-order valence-electron chi connectivity index (χ3n) is 2.26. The fourth-order valence-corrected chi connectivity index (χ4v) is 1.43. The molecule has 96 valence electrons. The first kappa shape index (κ1) is 13.8. The maximum atomic E-state index is 12.8. The van der Waals surface area contributed by atoms with Crippen molar-refractivity contribution in [3.8, 4) is 11.8 Å². The first-order valence-corrected chi connectivity index (χ1v) is 4.86. The minimum absolute atomic E-state index is 0.0779. The molecular weight excluding hydrogens is 246 g/mol. The van der Waals surface area contributed by atoms with Gasteiger partial charge in [0.1, 0.15) is 6.07 Å². The lowest BCUT2D eigenvalue weighted by Gasteiger charge is -2.13. The van der Waals surface area contributed by atoms with Gasteiger partial charge < -0.3 is 9.47 Å². The highest BCUT2D eigenvalue weighted by Crippen LogP contribution is 2.31. The van der Waals surface area contributed by atoms with Gasteiger partial charge in [-0.3, -0.25) is 4.79 Å². The maximum Gasteiger partial charge on any atom is 0.310 e. The van der Waals surface area contributed by atoms with Crippen LogP contribution in [-0.2, 0) is 16.0 Å². The lowest BCUT2D eigenvalue weighted by Crippen LogP contribution is -2.10. The van der Waals surface area contributed by atoms with Crippen LogP contribution in [0.2, 0.25) is 0 Å². The SMILES string of the molecule is COC(=O)Cc1c(C(F)F)cnc(C#N)c1OC. The van der Waals surface area contributed by atoms with E-state index in [0.29, 0.717) is 0 Å². The van der Waals surface area contributed by atoms with Crippen molar-refractivity contribution >= 4 is 5.97 Å². The number of hydrogen-bond acceptors (Lipinski definition) is 5. The highest BCUT2D eigenvalue weighted by atomic mass is 19.3. The molecule has 0 saturated heterocycles. The maximum absolute atomic E-state index is 12.8. The third-order valence-corrected chi connectivity index (χ3v) is 2.26. The highest BCUT2D eigenvalue weighted by Gasteiger charge is 2.23. The second-order valence-electron chi connectivity index (χ2n) is 3.24. The molecule has 0 unspecified atom stereocenters. The second kappa shape index (κ2) is 5.91. The molecule has 1 rings (SSSR count). The van der Waals surface area contributed by atoms with Crippen LogP contribution in [0.5, 0.6) is 5.75 Å². The van der Waals surface area contributed by atoms with Crippen molar-refractivity contribution in [1.82, 2.24) is 4.98 Å². The van der Waals surface area contributed by atoms with E-state index in [9.17, 15) is 13.6 Å². The molecule has 0 aromatic carbocycles. The highest BCUT2D eigenvalue weighted by molar-refractivity contribution is 5.74. The summed E-state index contributed by atoms with van der Waals surface area (Å²) in [5.74, 6) is -0.828. The molecule has 0 spiro atoms. The number of nitriles is 1. The van der Waals surface area contributed by atoms with E-state index >= 15 is 0 Å². The number of aromatic nitrogens is 1. The van der Waals surface area contributed by atoms with Gasteiger partial charge in [0, 0.05) is 17.3 Å². The third kappa shape index (κ3) is 2.71. The van der Waals surface area contributed by atoms with Crippen LogP contribution in [0.3, 0.4) is 0 Å². The van der Waals surface area contributed by atoms with Gasteiger partial charge in [-0.2, -0.15) is 5.26 Å². The van der Waals surface area contributed by atoms with E-state index in [2.05, 4.69) is 9.72 Å². The molecular formula is C11H10F2N2O3. The Morgan fingerprint density at radius 3 is 2.67 bits per heavy atom. The van der Waals surface area contributed by atoms with E-state index in [0.717, 1.165) is 13.3 Å². The Hall–Kier alpha value is -2.23. The predicted octanol–water partition coefficient (Wildman–Crippen LogP) is 1.61. The van der Waals surface area contributed by atoms with Gasteiger partial charge in [0.2, 0.25) is 0 Å². The molecule has 18 heavy (non-hydrogen) atoms. The summed E-state index contributed by atoms with van der Waals surface area (Å²) in [6.45, 7) is 0. The Morgan fingerprint density at radius 1 is 1.56 bits per heavy atom. The van der Waals surface area contributed by atoms with E-state index in [1.165, 1.54) is 7.11 Å². The summed E-state index contributed by atoms with van der Waals surface area (Å²) in [6, 6.07) is 1.71. The van der Waals surface area contributed by atoms with Crippen LogP contribution in [0.4, 0.5) is 8.78 Å².